The number of aliphatic carboxylic acids is 1. The molecule has 11 nitrogen and oxygen atoms in total. The first-order valence-electron chi connectivity index (χ1n) is 14.3. The number of nitrogens with two attached hydrogens (primary N) is 2. The van der Waals surface area contributed by atoms with Gasteiger partial charge in [-0.05, 0) is 48.9 Å². The van der Waals surface area contributed by atoms with Crippen molar-refractivity contribution >= 4 is 34.6 Å². The van der Waals surface area contributed by atoms with Gasteiger partial charge >= 0.3 is 5.97 Å². The predicted molar refractivity (Wildman–Crippen MR) is 161 cm³/mol. The Morgan fingerprint density at radius 3 is 2.10 bits per heavy atom. The summed E-state index contributed by atoms with van der Waals surface area (Å²) in [5.41, 5.74) is 14.1. The van der Waals surface area contributed by atoms with Crippen molar-refractivity contribution in [3.63, 3.8) is 0 Å². The molecule has 3 rings (SSSR count). The minimum absolute atomic E-state index is 0.0499. The van der Waals surface area contributed by atoms with Gasteiger partial charge < -0.3 is 37.5 Å². The fraction of sp³-hybridized carbons (Fsp3) is 0.419. The lowest BCUT2D eigenvalue weighted by Gasteiger charge is -2.26. The zero-order valence-electron chi connectivity index (χ0n) is 24.1. The normalized spacial score (nSPS) is 14.1. The van der Waals surface area contributed by atoms with Crippen molar-refractivity contribution in [3.05, 3.63) is 71.9 Å². The fourth-order valence-electron chi connectivity index (χ4n) is 4.66. The van der Waals surface area contributed by atoms with Gasteiger partial charge in [0.15, 0.2) is 0 Å². The van der Waals surface area contributed by atoms with Crippen molar-refractivity contribution in [2.24, 2.45) is 17.4 Å². The molecule has 0 spiro atoms. The van der Waals surface area contributed by atoms with E-state index >= 15 is 0 Å². The summed E-state index contributed by atoms with van der Waals surface area (Å²) in [5, 5.41) is 18.9. The van der Waals surface area contributed by atoms with E-state index in [1.807, 2.05) is 68.4 Å². The Hall–Kier alpha value is -4.22. The zero-order valence-corrected chi connectivity index (χ0v) is 24.1. The molecule has 0 saturated heterocycles. The van der Waals surface area contributed by atoms with Gasteiger partial charge in [-0.3, -0.25) is 14.4 Å². The number of rotatable bonds is 16. The summed E-state index contributed by atoms with van der Waals surface area (Å²) in [6, 6.07) is 12.6. The van der Waals surface area contributed by atoms with Crippen LogP contribution in [-0.4, -0.2) is 64.5 Å². The van der Waals surface area contributed by atoms with Crippen LogP contribution in [0, 0.1) is 5.92 Å². The topological polar surface area (TPSA) is 192 Å². The first kappa shape index (κ1) is 32.3. The summed E-state index contributed by atoms with van der Waals surface area (Å²) in [7, 11) is 0. The third-order valence-corrected chi connectivity index (χ3v) is 7.23. The zero-order chi connectivity index (χ0) is 30.6. The van der Waals surface area contributed by atoms with E-state index in [2.05, 4.69) is 20.9 Å². The molecule has 9 N–H and O–H groups in total. The Bertz CT molecular complexity index is 1340. The Balaban J connectivity index is 1.78. The van der Waals surface area contributed by atoms with Crippen LogP contribution in [0.25, 0.3) is 10.9 Å². The molecule has 1 aromatic heterocycles. The monoisotopic (exact) mass is 578 g/mol. The number of unbranched alkanes of at least 4 members (excludes halogenated alkanes) is 1. The average molecular weight is 579 g/mol. The van der Waals surface area contributed by atoms with E-state index in [9.17, 15) is 24.3 Å². The van der Waals surface area contributed by atoms with Gasteiger partial charge in [0.25, 0.3) is 0 Å². The minimum Gasteiger partial charge on any atom is -0.480 e. The van der Waals surface area contributed by atoms with Crippen LogP contribution in [0.4, 0.5) is 0 Å². The molecule has 226 valence electrons. The van der Waals surface area contributed by atoms with E-state index < -0.39 is 47.9 Å². The van der Waals surface area contributed by atoms with Crippen LogP contribution in [0.2, 0.25) is 0 Å². The molecule has 0 aliphatic carbocycles. The first-order chi connectivity index (χ1) is 20.1. The van der Waals surface area contributed by atoms with Crippen LogP contribution < -0.4 is 27.4 Å². The highest BCUT2D eigenvalue weighted by atomic mass is 16.4. The summed E-state index contributed by atoms with van der Waals surface area (Å²) >= 11 is 0. The standard InChI is InChI=1S/C31H42N6O5/c1-19(2)27(33)30(40)36-25(16-20-10-4-3-5-11-20)29(39)35-24(14-8-9-15-32)28(38)37-26(31(41)42)17-21-18-34-23-13-7-6-12-22(21)23/h3-7,10-13,18-19,24-27,34H,8-9,14-17,32-33H2,1-2H3,(H,35,39)(H,36,40)(H,37,38)(H,41,42). The van der Waals surface area contributed by atoms with Gasteiger partial charge in [0.2, 0.25) is 17.7 Å². The summed E-state index contributed by atoms with van der Waals surface area (Å²) in [6.07, 6.45) is 3.35. The Labute approximate surface area is 245 Å². The molecular weight excluding hydrogens is 536 g/mol. The third kappa shape index (κ3) is 9.15. The van der Waals surface area contributed by atoms with Gasteiger partial charge in [-0.2, -0.15) is 0 Å². The van der Waals surface area contributed by atoms with Crippen LogP contribution in [0.1, 0.15) is 44.2 Å². The van der Waals surface area contributed by atoms with Crippen molar-refractivity contribution in [1.29, 1.82) is 0 Å². The number of hydrogen-bond donors (Lipinski definition) is 7. The van der Waals surface area contributed by atoms with Gasteiger partial charge in [0.1, 0.15) is 18.1 Å². The number of hydrogen-bond acceptors (Lipinski definition) is 6. The SMILES string of the molecule is CC(C)C(N)C(=O)NC(Cc1ccccc1)C(=O)NC(CCCCN)C(=O)NC(Cc1c[nH]c2ccccc12)C(=O)O. The Morgan fingerprint density at radius 2 is 1.43 bits per heavy atom. The molecule has 0 fully saturated rings. The lowest BCUT2D eigenvalue weighted by atomic mass is 10.0. The number of aromatic amines is 1. The van der Waals surface area contributed by atoms with Crippen LogP contribution >= 0.6 is 0 Å². The van der Waals surface area contributed by atoms with E-state index in [-0.39, 0.29) is 25.2 Å². The van der Waals surface area contributed by atoms with Crippen molar-refractivity contribution in [1.82, 2.24) is 20.9 Å². The Kier molecular flexibility index (Phi) is 12.1. The maximum Gasteiger partial charge on any atom is 0.326 e. The predicted octanol–water partition coefficient (Wildman–Crippen LogP) is 1.60. The lowest BCUT2D eigenvalue weighted by Crippen LogP contribution is -2.58. The van der Waals surface area contributed by atoms with Crippen molar-refractivity contribution in [2.45, 2.75) is 70.1 Å². The van der Waals surface area contributed by atoms with Crippen LogP contribution in [-0.2, 0) is 32.0 Å². The maximum absolute atomic E-state index is 13.6. The second-order valence-corrected chi connectivity index (χ2v) is 10.8. The molecule has 4 unspecified atom stereocenters. The number of fused-ring (bicyclic) bond motifs is 1. The molecule has 2 aromatic carbocycles. The number of H-pyrrole nitrogens is 1. The van der Waals surface area contributed by atoms with Gasteiger partial charge in [-0.1, -0.05) is 62.4 Å². The smallest absolute Gasteiger partial charge is 0.326 e. The summed E-state index contributed by atoms with van der Waals surface area (Å²) < 4.78 is 0. The van der Waals surface area contributed by atoms with Crippen molar-refractivity contribution in [3.8, 4) is 0 Å². The molecule has 3 aromatic rings. The molecule has 0 bridgehead atoms. The molecule has 3 amide bonds. The number of nitrogens with one attached hydrogen (secondary N) is 4. The number of carboxylic acid groups (broad SMARTS) is 1. The van der Waals surface area contributed by atoms with E-state index in [1.165, 1.54) is 0 Å². The van der Waals surface area contributed by atoms with Crippen LogP contribution in [0.15, 0.2) is 60.8 Å². The number of para-hydroxylation sites is 1. The highest BCUT2D eigenvalue weighted by molar-refractivity contribution is 5.94. The Morgan fingerprint density at radius 1 is 0.810 bits per heavy atom. The molecule has 0 aliphatic rings. The summed E-state index contributed by atoms with van der Waals surface area (Å²) in [6.45, 7) is 4.02. The quantitative estimate of drug-likeness (QED) is 0.125. The van der Waals surface area contributed by atoms with Gasteiger partial charge in [-0.15, -0.1) is 0 Å². The average Bonchev–Trinajstić information content (AvgIpc) is 3.38. The number of benzene rings is 2. The highest BCUT2D eigenvalue weighted by Gasteiger charge is 2.31. The van der Waals surface area contributed by atoms with Crippen LogP contribution in [0.5, 0.6) is 0 Å². The molecular formula is C31H42N6O5. The molecule has 0 radical (unpaired) electrons. The molecule has 0 aliphatic heterocycles. The van der Waals surface area contributed by atoms with E-state index in [4.69, 9.17) is 11.5 Å². The lowest BCUT2D eigenvalue weighted by molar-refractivity contribution is -0.142. The van der Waals surface area contributed by atoms with Crippen molar-refractivity contribution in [2.75, 3.05) is 6.54 Å². The fourth-order valence-corrected chi connectivity index (χ4v) is 4.66. The number of carboxylic acids is 1. The first-order valence-corrected chi connectivity index (χ1v) is 14.3. The number of aromatic nitrogens is 1. The molecule has 4 atom stereocenters. The molecule has 1 heterocycles. The number of carbonyl (C=O) groups excluding carboxylic acids is 3. The minimum atomic E-state index is -1.23. The van der Waals surface area contributed by atoms with Gasteiger partial charge in [0.05, 0.1) is 6.04 Å². The number of amides is 3. The summed E-state index contributed by atoms with van der Waals surface area (Å²) in [4.78, 5) is 55.1. The van der Waals surface area contributed by atoms with E-state index in [1.54, 1.807) is 6.20 Å². The molecule has 0 saturated carbocycles. The summed E-state index contributed by atoms with van der Waals surface area (Å²) in [5.74, 6) is -3.02. The second-order valence-electron chi connectivity index (χ2n) is 10.8. The number of carbonyl (C=O) groups is 4. The van der Waals surface area contributed by atoms with Crippen molar-refractivity contribution < 1.29 is 24.3 Å². The van der Waals surface area contributed by atoms with E-state index in [0.29, 0.717) is 19.4 Å². The molecule has 11 heteroatoms. The van der Waals surface area contributed by atoms with E-state index in [0.717, 1.165) is 22.0 Å². The third-order valence-electron chi connectivity index (χ3n) is 7.23. The largest absolute Gasteiger partial charge is 0.480 e. The highest BCUT2D eigenvalue weighted by Crippen LogP contribution is 2.19. The van der Waals surface area contributed by atoms with Crippen LogP contribution in [0.3, 0.4) is 0 Å². The maximum atomic E-state index is 13.6. The molecule has 42 heavy (non-hydrogen) atoms. The van der Waals surface area contributed by atoms with Gasteiger partial charge in [-0.25, -0.2) is 4.79 Å². The second kappa shape index (κ2) is 15.7. The van der Waals surface area contributed by atoms with Gasteiger partial charge in [0, 0.05) is 29.9 Å².